The standard InChI is InChI=1S/C8H18NO3.ClH/c10-5-1-9(2-6-11)3-7-12-8-4-9;/h10-11H,1-8H2;1H/q+1;/p-1. The Morgan fingerprint density at radius 2 is 1.46 bits per heavy atom. The zero-order chi connectivity index (χ0) is 8.86. The summed E-state index contributed by atoms with van der Waals surface area (Å²) >= 11 is 0. The summed E-state index contributed by atoms with van der Waals surface area (Å²) in [7, 11) is 0. The topological polar surface area (TPSA) is 49.7 Å². The smallest absolute Gasteiger partial charge is 0.103 e. The zero-order valence-corrected chi connectivity index (χ0v) is 8.54. The summed E-state index contributed by atoms with van der Waals surface area (Å²) in [5.41, 5.74) is 0. The predicted octanol–water partition coefficient (Wildman–Crippen LogP) is -4.18. The molecule has 1 saturated heterocycles. The molecule has 0 radical (unpaired) electrons. The molecule has 0 aromatic rings. The number of hydrogen-bond donors (Lipinski definition) is 2. The fraction of sp³-hybridized carbons (Fsp3) is 1.00. The van der Waals surface area contributed by atoms with Gasteiger partial charge in [-0.3, -0.25) is 0 Å². The van der Waals surface area contributed by atoms with Crippen LogP contribution in [-0.4, -0.2) is 67.3 Å². The maximum absolute atomic E-state index is 8.87. The summed E-state index contributed by atoms with van der Waals surface area (Å²) < 4.78 is 6.05. The van der Waals surface area contributed by atoms with E-state index in [1.807, 2.05) is 0 Å². The summed E-state index contributed by atoms with van der Waals surface area (Å²) in [6.07, 6.45) is 0. The average Bonchev–Trinajstić information content (AvgIpc) is 2.07. The number of hydrogen-bond acceptors (Lipinski definition) is 3. The Balaban J connectivity index is 0.00000144. The lowest BCUT2D eigenvalue weighted by Crippen LogP contribution is -3.00. The van der Waals surface area contributed by atoms with Crippen molar-refractivity contribution < 1.29 is 31.8 Å². The van der Waals surface area contributed by atoms with Crippen LogP contribution in [0.4, 0.5) is 0 Å². The third-order valence-corrected chi connectivity index (χ3v) is 2.57. The van der Waals surface area contributed by atoms with Gasteiger partial charge in [0.1, 0.15) is 26.2 Å². The number of nitrogens with zero attached hydrogens (tertiary/aromatic N) is 1. The van der Waals surface area contributed by atoms with Gasteiger partial charge >= 0.3 is 0 Å². The van der Waals surface area contributed by atoms with Crippen LogP contribution in [0.1, 0.15) is 0 Å². The van der Waals surface area contributed by atoms with Crippen molar-refractivity contribution in [3.8, 4) is 0 Å². The van der Waals surface area contributed by atoms with Crippen LogP contribution in [0.15, 0.2) is 0 Å². The molecule has 0 bridgehead atoms. The Hall–Kier alpha value is 0.130. The zero-order valence-electron chi connectivity index (χ0n) is 7.78. The minimum absolute atomic E-state index is 0. The lowest BCUT2D eigenvalue weighted by molar-refractivity contribution is -0.935. The first-order valence-electron chi connectivity index (χ1n) is 4.47. The van der Waals surface area contributed by atoms with Crippen LogP contribution in [0.25, 0.3) is 0 Å². The molecule has 5 heteroatoms. The van der Waals surface area contributed by atoms with E-state index in [1.165, 1.54) is 0 Å². The first kappa shape index (κ1) is 13.1. The van der Waals surface area contributed by atoms with Crippen LogP contribution in [0.2, 0.25) is 0 Å². The van der Waals surface area contributed by atoms with Gasteiger partial charge in [-0.05, 0) is 0 Å². The molecule has 2 N–H and O–H groups in total. The SMILES string of the molecule is OCC[N+]1(CCO)CCOCC1.[Cl-]. The van der Waals surface area contributed by atoms with Crippen molar-refractivity contribution in [3.63, 3.8) is 0 Å². The van der Waals surface area contributed by atoms with Crippen LogP contribution in [0.5, 0.6) is 0 Å². The molecule has 0 amide bonds. The molecule has 0 aliphatic carbocycles. The second-order valence-corrected chi connectivity index (χ2v) is 3.30. The molecule has 1 aliphatic heterocycles. The highest BCUT2D eigenvalue weighted by Gasteiger charge is 2.28. The maximum Gasteiger partial charge on any atom is 0.103 e. The molecule has 0 spiro atoms. The van der Waals surface area contributed by atoms with Crippen LogP contribution >= 0.6 is 0 Å². The fourth-order valence-electron chi connectivity index (χ4n) is 1.71. The summed E-state index contributed by atoms with van der Waals surface area (Å²) in [5, 5.41) is 17.7. The van der Waals surface area contributed by atoms with Gasteiger partial charge in [0.15, 0.2) is 0 Å². The van der Waals surface area contributed by atoms with Gasteiger partial charge in [0.2, 0.25) is 0 Å². The maximum atomic E-state index is 8.87. The van der Waals surface area contributed by atoms with E-state index in [0.717, 1.165) is 43.9 Å². The van der Waals surface area contributed by atoms with Crippen LogP contribution in [-0.2, 0) is 4.74 Å². The lowest BCUT2D eigenvalue weighted by atomic mass is 10.3. The number of quaternary nitrogens is 1. The molecular weight excluding hydrogens is 194 g/mol. The number of rotatable bonds is 4. The summed E-state index contributed by atoms with van der Waals surface area (Å²) in [6.45, 7) is 5.20. The molecule has 13 heavy (non-hydrogen) atoms. The van der Waals surface area contributed by atoms with Gasteiger partial charge in [-0.1, -0.05) is 0 Å². The van der Waals surface area contributed by atoms with Crippen LogP contribution < -0.4 is 12.4 Å². The average molecular weight is 212 g/mol. The van der Waals surface area contributed by atoms with E-state index in [0.29, 0.717) is 0 Å². The Morgan fingerprint density at radius 3 is 1.85 bits per heavy atom. The van der Waals surface area contributed by atoms with E-state index in [1.54, 1.807) is 0 Å². The summed E-state index contributed by atoms with van der Waals surface area (Å²) in [5.74, 6) is 0. The van der Waals surface area contributed by atoms with Gasteiger partial charge in [-0.25, -0.2) is 0 Å². The molecule has 1 fully saturated rings. The highest BCUT2D eigenvalue weighted by atomic mass is 35.5. The molecule has 4 nitrogen and oxygen atoms in total. The molecule has 1 aliphatic rings. The van der Waals surface area contributed by atoms with Gasteiger partial charge in [-0.15, -0.1) is 0 Å². The third-order valence-electron chi connectivity index (χ3n) is 2.57. The molecule has 80 valence electrons. The molecule has 0 unspecified atom stereocenters. The van der Waals surface area contributed by atoms with E-state index in [4.69, 9.17) is 14.9 Å². The third kappa shape index (κ3) is 3.79. The fourth-order valence-corrected chi connectivity index (χ4v) is 1.71. The number of ether oxygens (including phenoxy) is 1. The summed E-state index contributed by atoms with van der Waals surface area (Å²) in [4.78, 5) is 0. The van der Waals surface area contributed by atoms with Gasteiger partial charge < -0.3 is 31.8 Å². The minimum Gasteiger partial charge on any atom is -1.00 e. The van der Waals surface area contributed by atoms with E-state index < -0.39 is 0 Å². The van der Waals surface area contributed by atoms with Crippen molar-refractivity contribution in [2.45, 2.75) is 0 Å². The summed E-state index contributed by atoms with van der Waals surface area (Å²) in [6, 6.07) is 0. The van der Waals surface area contributed by atoms with Gasteiger partial charge in [0.05, 0.1) is 26.4 Å². The molecule has 0 aromatic carbocycles. The van der Waals surface area contributed by atoms with E-state index >= 15 is 0 Å². The Morgan fingerprint density at radius 1 is 1.00 bits per heavy atom. The number of morpholine rings is 1. The highest BCUT2D eigenvalue weighted by molar-refractivity contribution is 4.49. The normalized spacial score (nSPS) is 20.8. The van der Waals surface area contributed by atoms with Crippen molar-refractivity contribution in [2.24, 2.45) is 0 Å². The number of aliphatic hydroxyl groups excluding tert-OH is 2. The molecule has 1 rings (SSSR count). The van der Waals surface area contributed by atoms with Crippen molar-refractivity contribution in [1.82, 2.24) is 0 Å². The van der Waals surface area contributed by atoms with E-state index in [9.17, 15) is 0 Å². The molecular formula is C8H18ClNO3. The monoisotopic (exact) mass is 211 g/mol. The van der Waals surface area contributed by atoms with Gasteiger partial charge in [0, 0.05) is 0 Å². The first-order valence-corrected chi connectivity index (χ1v) is 4.47. The lowest BCUT2D eigenvalue weighted by Gasteiger charge is -2.40. The molecule has 0 aromatic heterocycles. The van der Waals surface area contributed by atoms with Crippen LogP contribution in [0.3, 0.4) is 0 Å². The second-order valence-electron chi connectivity index (χ2n) is 3.30. The quantitative estimate of drug-likeness (QED) is 0.464. The largest absolute Gasteiger partial charge is 1.00 e. The second kappa shape index (κ2) is 6.56. The van der Waals surface area contributed by atoms with E-state index in [-0.39, 0.29) is 25.6 Å². The highest BCUT2D eigenvalue weighted by Crippen LogP contribution is 2.09. The minimum atomic E-state index is 0. The van der Waals surface area contributed by atoms with E-state index in [2.05, 4.69) is 0 Å². The predicted molar refractivity (Wildman–Crippen MR) is 44.7 cm³/mol. The van der Waals surface area contributed by atoms with Crippen molar-refractivity contribution >= 4 is 0 Å². The van der Waals surface area contributed by atoms with Crippen molar-refractivity contribution in [1.29, 1.82) is 0 Å². The molecule has 0 atom stereocenters. The van der Waals surface area contributed by atoms with Gasteiger partial charge in [0.25, 0.3) is 0 Å². The Bertz CT molecular complexity index is 113. The molecule has 1 heterocycles. The van der Waals surface area contributed by atoms with Crippen LogP contribution in [0, 0.1) is 0 Å². The van der Waals surface area contributed by atoms with Gasteiger partial charge in [-0.2, -0.15) is 0 Å². The Labute approximate surface area is 85.1 Å². The van der Waals surface area contributed by atoms with Crippen molar-refractivity contribution in [3.05, 3.63) is 0 Å². The molecule has 0 saturated carbocycles. The van der Waals surface area contributed by atoms with Crippen molar-refractivity contribution in [2.75, 3.05) is 52.6 Å². The number of halogens is 1. The Kier molecular flexibility index (Phi) is 6.63. The first-order chi connectivity index (χ1) is 5.83. The number of aliphatic hydroxyl groups is 2.